The maximum atomic E-state index is 5.58. The van der Waals surface area contributed by atoms with Crippen LogP contribution in [0.25, 0.3) is 0 Å². The first-order valence-corrected chi connectivity index (χ1v) is 6.97. The molecule has 0 amide bonds. The first kappa shape index (κ1) is 10.8. The number of rotatable bonds is 7. The minimum absolute atomic E-state index is 0.803. The fourth-order valence-electron chi connectivity index (χ4n) is 1.15. The Kier molecular flexibility index (Phi) is 5.16. The zero-order valence-electron chi connectivity index (χ0n) is 8.66. The number of unbranched alkanes of at least 4 members (excludes halogenated alkanes) is 1. The molecule has 1 atom stereocenters. The third-order valence-electron chi connectivity index (χ3n) is 2.26. The average Bonchev–Trinajstić information content (AvgIpc) is 2.94. The Bertz CT molecular complexity index is 155. The molecule has 1 aliphatic rings. The van der Waals surface area contributed by atoms with Gasteiger partial charge in [-0.1, -0.05) is 19.8 Å². The van der Waals surface area contributed by atoms with Gasteiger partial charge in [0.05, 0.1) is 6.26 Å². The summed E-state index contributed by atoms with van der Waals surface area (Å²) in [4.78, 5) is 0. The Labute approximate surface area is 82.8 Å². The molecule has 1 unspecified atom stereocenters. The normalized spacial score (nSPS) is 19.2. The van der Waals surface area contributed by atoms with E-state index in [0.717, 1.165) is 12.0 Å². The monoisotopic (exact) mass is 200 g/mol. The Morgan fingerprint density at radius 2 is 2.23 bits per heavy atom. The molecule has 0 N–H and O–H groups in total. The molecule has 2 nitrogen and oxygen atoms in total. The summed E-state index contributed by atoms with van der Waals surface area (Å²) >= 11 is 0. The Morgan fingerprint density at radius 1 is 1.46 bits per heavy atom. The Morgan fingerprint density at radius 3 is 2.77 bits per heavy atom. The lowest BCUT2D eigenvalue weighted by atomic mass is 10.4. The molecule has 76 valence electrons. The van der Waals surface area contributed by atoms with E-state index in [-0.39, 0.29) is 0 Å². The van der Waals surface area contributed by atoms with Gasteiger partial charge in [0.25, 0.3) is 0 Å². The minimum atomic E-state index is -1.35. The molecule has 1 aliphatic carbocycles. The second-order valence-electron chi connectivity index (χ2n) is 3.61. The van der Waals surface area contributed by atoms with Gasteiger partial charge in [-0.15, -0.1) is 0 Å². The van der Waals surface area contributed by atoms with Crippen molar-refractivity contribution in [3.8, 4) is 0 Å². The summed E-state index contributed by atoms with van der Waals surface area (Å²) in [5.41, 5.74) is 0. The SMILES string of the molecule is CCCC[SiH](OC)OC=CC1CC1. The quantitative estimate of drug-likeness (QED) is 0.464. The third-order valence-corrected chi connectivity index (χ3v) is 4.13. The van der Waals surface area contributed by atoms with E-state index in [1.54, 1.807) is 7.11 Å². The molecule has 0 heterocycles. The van der Waals surface area contributed by atoms with Crippen molar-refractivity contribution < 1.29 is 8.85 Å². The summed E-state index contributed by atoms with van der Waals surface area (Å²) < 4.78 is 10.9. The van der Waals surface area contributed by atoms with Crippen LogP contribution in [0.15, 0.2) is 12.3 Å². The van der Waals surface area contributed by atoms with Gasteiger partial charge in [0.1, 0.15) is 0 Å². The predicted molar refractivity (Wildman–Crippen MR) is 56.8 cm³/mol. The van der Waals surface area contributed by atoms with E-state index in [0.29, 0.717) is 0 Å². The van der Waals surface area contributed by atoms with Crippen LogP contribution in [-0.2, 0) is 8.85 Å². The fraction of sp³-hybridized carbons (Fsp3) is 0.800. The second kappa shape index (κ2) is 6.21. The summed E-state index contributed by atoms with van der Waals surface area (Å²) in [5.74, 6) is 0.803. The van der Waals surface area contributed by atoms with Crippen molar-refractivity contribution in [3.63, 3.8) is 0 Å². The predicted octanol–water partition coefficient (Wildman–Crippen LogP) is 2.59. The Balaban J connectivity index is 2.06. The van der Waals surface area contributed by atoms with Crippen LogP contribution in [0, 0.1) is 5.92 Å². The van der Waals surface area contributed by atoms with Crippen LogP contribution in [0.1, 0.15) is 32.6 Å². The first-order chi connectivity index (χ1) is 6.36. The molecule has 0 aromatic carbocycles. The van der Waals surface area contributed by atoms with Gasteiger partial charge in [0.15, 0.2) is 0 Å². The van der Waals surface area contributed by atoms with Gasteiger partial charge in [-0.3, -0.25) is 0 Å². The molecule has 0 aliphatic heterocycles. The van der Waals surface area contributed by atoms with E-state index in [2.05, 4.69) is 13.0 Å². The molecular weight excluding hydrogens is 180 g/mol. The van der Waals surface area contributed by atoms with Gasteiger partial charge < -0.3 is 8.85 Å². The molecule has 1 fully saturated rings. The highest BCUT2D eigenvalue weighted by molar-refractivity contribution is 6.44. The smallest absolute Gasteiger partial charge is 0.381 e. The highest BCUT2D eigenvalue weighted by atomic mass is 28.3. The van der Waals surface area contributed by atoms with Gasteiger partial charge >= 0.3 is 9.28 Å². The van der Waals surface area contributed by atoms with E-state index in [4.69, 9.17) is 8.85 Å². The van der Waals surface area contributed by atoms with Crippen molar-refractivity contribution in [2.24, 2.45) is 5.92 Å². The average molecular weight is 200 g/mol. The zero-order valence-corrected chi connectivity index (χ0v) is 9.82. The molecule has 1 saturated carbocycles. The van der Waals surface area contributed by atoms with Crippen molar-refractivity contribution in [3.05, 3.63) is 12.3 Å². The van der Waals surface area contributed by atoms with Crippen LogP contribution in [-0.4, -0.2) is 16.4 Å². The van der Waals surface area contributed by atoms with E-state index >= 15 is 0 Å². The van der Waals surface area contributed by atoms with Crippen LogP contribution in [0.2, 0.25) is 6.04 Å². The maximum Gasteiger partial charge on any atom is 0.381 e. The lowest BCUT2D eigenvalue weighted by Gasteiger charge is -2.11. The van der Waals surface area contributed by atoms with Crippen molar-refractivity contribution >= 4 is 9.28 Å². The third kappa shape index (κ3) is 5.11. The van der Waals surface area contributed by atoms with Gasteiger partial charge in [-0.05, 0) is 30.9 Å². The summed E-state index contributed by atoms with van der Waals surface area (Å²) in [5, 5.41) is 0. The second-order valence-corrected chi connectivity index (χ2v) is 5.79. The van der Waals surface area contributed by atoms with E-state index in [9.17, 15) is 0 Å². The fourth-order valence-corrected chi connectivity index (χ4v) is 2.64. The molecular formula is C10H20O2Si. The lowest BCUT2D eigenvalue weighted by Crippen LogP contribution is -2.17. The van der Waals surface area contributed by atoms with E-state index in [1.807, 2.05) is 6.26 Å². The highest BCUT2D eigenvalue weighted by Crippen LogP contribution is 2.30. The molecule has 3 heteroatoms. The van der Waals surface area contributed by atoms with Crippen LogP contribution >= 0.6 is 0 Å². The van der Waals surface area contributed by atoms with Crippen LogP contribution in [0.3, 0.4) is 0 Å². The lowest BCUT2D eigenvalue weighted by molar-refractivity contribution is 0.303. The molecule has 0 bridgehead atoms. The molecule has 0 aromatic heterocycles. The first-order valence-electron chi connectivity index (χ1n) is 5.21. The van der Waals surface area contributed by atoms with Gasteiger partial charge in [-0.2, -0.15) is 0 Å². The summed E-state index contributed by atoms with van der Waals surface area (Å²) in [6.45, 7) is 2.20. The molecule has 0 saturated heterocycles. The van der Waals surface area contributed by atoms with Crippen LogP contribution in [0.4, 0.5) is 0 Å². The number of hydrogen-bond donors (Lipinski definition) is 0. The van der Waals surface area contributed by atoms with E-state index < -0.39 is 9.28 Å². The molecule has 1 rings (SSSR count). The van der Waals surface area contributed by atoms with Crippen molar-refractivity contribution in [1.82, 2.24) is 0 Å². The summed E-state index contributed by atoms with van der Waals surface area (Å²) in [6, 6.07) is 1.13. The minimum Gasteiger partial charge on any atom is -0.529 e. The highest BCUT2D eigenvalue weighted by Gasteiger charge is 2.18. The largest absolute Gasteiger partial charge is 0.529 e. The number of allylic oxidation sites excluding steroid dienone is 1. The number of hydrogen-bond acceptors (Lipinski definition) is 2. The van der Waals surface area contributed by atoms with Crippen LogP contribution in [0.5, 0.6) is 0 Å². The summed E-state index contributed by atoms with van der Waals surface area (Å²) in [6.07, 6.45) is 9.17. The summed E-state index contributed by atoms with van der Waals surface area (Å²) in [7, 11) is 0.413. The topological polar surface area (TPSA) is 18.5 Å². The molecule has 0 aromatic rings. The van der Waals surface area contributed by atoms with Crippen molar-refractivity contribution in [1.29, 1.82) is 0 Å². The zero-order chi connectivity index (χ0) is 9.52. The molecule has 0 spiro atoms. The van der Waals surface area contributed by atoms with Gasteiger partial charge in [0.2, 0.25) is 0 Å². The maximum absolute atomic E-state index is 5.58. The van der Waals surface area contributed by atoms with Gasteiger partial charge in [0, 0.05) is 7.11 Å². The molecule has 0 radical (unpaired) electrons. The Hall–Kier alpha value is -0.283. The molecule has 13 heavy (non-hydrogen) atoms. The standard InChI is InChI=1S/C10H20O2Si/c1-3-4-9-13(11-2)12-8-7-10-5-6-10/h7-8,10,13H,3-6,9H2,1-2H3. The van der Waals surface area contributed by atoms with Gasteiger partial charge in [-0.25, -0.2) is 0 Å². The van der Waals surface area contributed by atoms with Crippen molar-refractivity contribution in [2.45, 2.75) is 38.7 Å². The van der Waals surface area contributed by atoms with E-state index in [1.165, 1.54) is 25.7 Å². The van der Waals surface area contributed by atoms with Crippen molar-refractivity contribution in [2.75, 3.05) is 7.11 Å². The van der Waals surface area contributed by atoms with Crippen LogP contribution < -0.4 is 0 Å².